The Hall–Kier alpha value is -1.13. The van der Waals surface area contributed by atoms with Crippen molar-refractivity contribution in [2.24, 2.45) is 34.0 Å². The second-order valence-corrected chi connectivity index (χ2v) is 13.1. The van der Waals surface area contributed by atoms with E-state index in [1.54, 1.807) is 11.6 Å². The molecule has 0 bridgehead atoms. The summed E-state index contributed by atoms with van der Waals surface area (Å²) in [6.07, 6.45) is 11.8. The fourth-order valence-corrected chi connectivity index (χ4v) is 9.17. The lowest BCUT2D eigenvalue weighted by atomic mass is 9.39. The minimum Gasteiger partial charge on any atom is -0.391 e. The summed E-state index contributed by atoms with van der Waals surface area (Å²) < 4.78 is 0. The van der Waals surface area contributed by atoms with Gasteiger partial charge in [0.2, 0.25) is 5.91 Å². The van der Waals surface area contributed by atoms with Crippen LogP contribution in [-0.2, 0) is 4.79 Å². The van der Waals surface area contributed by atoms with E-state index < -0.39 is 6.10 Å². The third kappa shape index (κ3) is 3.84. The third-order valence-electron chi connectivity index (χ3n) is 11.0. The first-order valence-corrected chi connectivity index (χ1v) is 13.3. The summed E-state index contributed by atoms with van der Waals surface area (Å²) in [4.78, 5) is 14.7. The molecule has 4 aliphatic rings. The lowest BCUT2D eigenvalue weighted by Gasteiger charge is -2.66. The Morgan fingerprint density at radius 1 is 1.09 bits per heavy atom. The van der Waals surface area contributed by atoms with E-state index in [2.05, 4.69) is 58.1 Å². The van der Waals surface area contributed by atoms with Gasteiger partial charge in [0.25, 0.3) is 0 Å². The Morgan fingerprint density at radius 3 is 2.39 bits per heavy atom. The van der Waals surface area contributed by atoms with E-state index in [0.29, 0.717) is 28.7 Å². The van der Waals surface area contributed by atoms with Gasteiger partial charge in [0.05, 0.1) is 12.1 Å². The molecule has 0 aromatic heterocycles. The normalized spacial score (nSPS) is 45.4. The molecule has 0 aromatic carbocycles. The zero-order valence-electron chi connectivity index (χ0n) is 22.4. The molecule has 9 atom stereocenters. The molecule has 4 aliphatic carbocycles. The van der Waals surface area contributed by atoms with E-state index in [1.165, 1.54) is 25.7 Å². The smallest absolute Gasteiger partial charge is 0.244 e. The average Bonchev–Trinajstić information content (AvgIpc) is 3.07. The number of carbonyl (C=O) groups is 1. The van der Waals surface area contributed by atoms with Crippen molar-refractivity contribution in [3.8, 4) is 0 Å². The summed E-state index contributed by atoms with van der Waals surface area (Å²) >= 11 is 0. The molecule has 0 spiro atoms. The van der Waals surface area contributed by atoms with Gasteiger partial charge in [-0.2, -0.15) is 0 Å². The largest absolute Gasteiger partial charge is 0.391 e. The van der Waals surface area contributed by atoms with Crippen LogP contribution in [0.25, 0.3) is 0 Å². The van der Waals surface area contributed by atoms with Crippen LogP contribution in [-0.4, -0.2) is 48.2 Å². The third-order valence-corrected chi connectivity index (χ3v) is 11.0. The maximum Gasteiger partial charge on any atom is 0.244 e. The Labute approximate surface area is 202 Å². The maximum absolute atomic E-state index is 12.4. The molecule has 4 nitrogen and oxygen atoms in total. The van der Waals surface area contributed by atoms with Crippen molar-refractivity contribution in [3.05, 3.63) is 23.3 Å². The van der Waals surface area contributed by atoms with Gasteiger partial charge in [-0.1, -0.05) is 38.0 Å². The number of rotatable bonds is 4. The Morgan fingerprint density at radius 2 is 1.76 bits per heavy atom. The van der Waals surface area contributed by atoms with Gasteiger partial charge in [-0.15, -0.1) is 0 Å². The van der Waals surface area contributed by atoms with Crippen LogP contribution in [0.3, 0.4) is 0 Å². The molecule has 0 aromatic rings. The van der Waals surface area contributed by atoms with Crippen molar-refractivity contribution in [2.45, 2.75) is 105 Å². The van der Waals surface area contributed by atoms with Crippen molar-refractivity contribution in [2.75, 3.05) is 14.1 Å². The van der Waals surface area contributed by atoms with Crippen LogP contribution in [0, 0.1) is 34.0 Å². The number of aliphatic hydroxyl groups is 1. The molecular weight excluding hydrogens is 408 g/mol. The minimum absolute atomic E-state index is 0.0590. The molecule has 4 rings (SSSR count). The highest BCUT2D eigenvalue weighted by atomic mass is 16.3. The first-order valence-electron chi connectivity index (χ1n) is 13.3. The van der Waals surface area contributed by atoms with Gasteiger partial charge in [0.15, 0.2) is 0 Å². The van der Waals surface area contributed by atoms with Crippen LogP contribution in [0.5, 0.6) is 0 Å². The highest BCUT2D eigenvalue weighted by Gasteiger charge is 2.65. The Balaban J connectivity index is 1.56. The zero-order chi connectivity index (χ0) is 24.3. The molecule has 0 aliphatic heterocycles. The van der Waals surface area contributed by atoms with E-state index in [-0.39, 0.29) is 23.3 Å². The fourth-order valence-electron chi connectivity index (χ4n) is 9.17. The van der Waals surface area contributed by atoms with Crippen LogP contribution in [0.2, 0.25) is 0 Å². The standard InChI is InChI=1S/C29H48N2O2/c1-18(2)17-25(32)30-22-12-15-28(5)21(26(22)33)11-14-29(6)23-10-9-20(19(3)31(7)8)27(23,4)16-13-24(28)29/h9,17,19,21-24,26,33H,10-16H2,1-8H3,(H,30,32). The van der Waals surface area contributed by atoms with Crippen molar-refractivity contribution in [1.29, 1.82) is 0 Å². The summed E-state index contributed by atoms with van der Waals surface area (Å²) in [6.45, 7) is 13.9. The van der Waals surface area contributed by atoms with Gasteiger partial charge < -0.3 is 15.3 Å². The Kier molecular flexibility index (Phi) is 6.45. The van der Waals surface area contributed by atoms with Crippen molar-refractivity contribution in [1.82, 2.24) is 10.2 Å². The summed E-state index contributed by atoms with van der Waals surface area (Å²) in [6, 6.07) is 0.374. The highest BCUT2D eigenvalue weighted by molar-refractivity contribution is 5.88. The van der Waals surface area contributed by atoms with Gasteiger partial charge in [-0.05, 0) is 114 Å². The topological polar surface area (TPSA) is 52.6 Å². The van der Waals surface area contributed by atoms with E-state index in [4.69, 9.17) is 0 Å². The molecule has 9 unspecified atom stereocenters. The molecule has 33 heavy (non-hydrogen) atoms. The van der Waals surface area contributed by atoms with Gasteiger partial charge in [-0.3, -0.25) is 4.79 Å². The van der Waals surface area contributed by atoms with Crippen molar-refractivity contribution in [3.63, 3.8) is 0 Å². The molecular formula is C29H48N2O2. The number of nitrogens with zero attached hydrogens (tertiary/aromatic N) is 1. The number of allylic oxidation sites excluding steroid dienone is 2. The molecule has 3 saturated carbocycles. The zero-order valence-corrected chi connectivity index (χ0v) is 22.4. The highest BCUT2D eigenvalue weighted by Crippen LogP contribution is 2.71. The SMILES string of the molecule is CC(C)=CC(=O)NC1CCC2(C)C(CCC3(C)C4CC=C(C(C)N(C)C)C4(C)CCC23)C1O. The maximum atomic E-state index is 12.4. The number of fused-ring (bicyclic) bond motifs is 5. The molecule has 1 amide bonds. The molecule has 4 heteroatoms. The number of carbonyl (C=O) groups excluding carboxylic acids is 1. The second kappa shape index (κ2) is 8.52. The van der Waals surface area contributed by atoms with E-state index >= 15 is 0 Å². The number of aliphatic hydroxyl groups excluding tert-OH is 1. The first-order chi connectivity index (χ1) is 15.3. The van der Waals surface area contributed by atoms with Crippen LogP contribution in [0.4, 0.5) is 0 Å². The molecule has 0 saturated heterocycles. The van der Waals surface area contributed by atoms with E-state index in [0.717, 1.165) is 24.8 Å². The first kappa shape index (κ1) is 25.0. The summed E-state index contributed by atoms with van der Waals surface area (Å²) in [7, 11) is 4.41. The Bertz CT molecular complexity index is 843. The number of nitrogens with one attached hydrogen (secondary N) is 1. The second-order valence-electron chi connectivity index (χ2n) is 13.1. The number of likely N-dealkylation sites (N-methyl/N-ethyl adjacent to an activating group) is 1. The van der Waals surface area contributed by atoms with Crippen LogP contribution in [0.15, 0.2) is 23.3 Å². The van der Waals surface area contributed by atoms with Crippen LogP contribution >= 0.6 is 0 Å². The average molecular weight is 457 g/mol. The quantitative estimate of drug-likeness (QED) is 0.444. The number of hydrogen-bond acceptors (Lipinski definition) is 3. The molecule has 2 N–H and O–H groups in total. The summed E-state index contributed by atoms with van der Waals surface area (Å²) in [5.41, 5.74) is 3.43. The van der Waals surface area contributed by atoms with Crippen LogP contribution in [0.1, 0.15) is 86.5 Å². The predicted octanol–water partition coefficient (Wildman–Crippen LogP) is 5.33. The van der Waals surface area contributed by atoms with Gasteiger partial charge in [0.1, 0.15) is 0 Å². The molecule has 0 heterocycles. The van der Waals surface area contributed by atoms with Crippen molar-refractivity contribution >= 4 is 5.91 Å². The monoisotopic (exact) mass is 456 g/mol. The fraction of sp³-hybridized carbons (Fsp3) is 0.828. The number of hydrogen-bond donors (Lipinski definition) is 2. The lowest BCUT2D eigenvalue weighted by Crippen LogP contribution is -2.63. The molecule has 3 fully saturated rings. The molecule has 186 valence electrons. The van der Waals surface area contributed by atoms with Gasteiger partial charge >= 0.3 is 0 Å². The molecule has 0 radical (unpaired) electrons. The number of amides is 1. The van der Waals surface area contributed by atoms with Gasteiger partial charge in [0, 0.05) is 12.1 Å². The predicted molar refractivity (Wildman–Crippen MR) is 136 cm³/mol. The van der Waals surface area contributed by atoms with Crippen molar-refractivity contribution < 1.29 is 9.90 Å². The van der Waals surface area contributed by atoms with Gasteiger partial charge in [-0.25, -0.2) is 0 Å². The van der Waals surface area contributed by atoms with E-state index in [1.807, 2.05) is 13.8 Å². The summed E-state index contributed by atoms with van der Waals surface area (Å²) in [5, 5.41) is 14.6. The lowest BCUT2D eigenvalue weighted by molar-refractivity contribution is -0.185. The summed E-state index contributed by atoms with van der Waals surface area (Å²) in [5.74, 6) is 1.57. The van der Waals surface area contributed by atoms with E-state index in [9.17, 15) is 9.90 Å². The van der Waals surface area contributed by atoms with Crippen LogP contribution < -0.4 is 5.32 Å². The minimum atomic E-state index is -0.442.